The van der Waals surface area contributed by atoms with Crippen LogP contribution in [0.1, 0.15) is 12.0 Å². The summed E-state index contributed by atoms with van der Waals surface area (Å²) in [7, 11) is 0. The van der Waals surface area contributed by atoms with Gasteiger partial charge in [-0.2, -0.15) is 0 Å². The molecule has 1 heterocycles. The Bertz CT molecular complexity index is 320. The number of nitrogens with two attached hydrogens (primary N) is 1. The van der Waals surface area contributed by atoms with E-state index in [0.717, 1.165) is 24.3 Å². The van der Waals surface area contributed by atoms with Gasteiger partial charge in [-0.1, -0.05) is 12.1 Å². The lowest BCUT2D eigenvalue weighted by molar-refractivity contribution is 0.0265. The third-order valence-corrected chi connectivity index (χ3v) is 2.75. The van der Waals surface area contributed by atoms with Crippen LogP contribution >= 0.6 is 0 Å². The van der Waals surface area contributed by atoms with Crippen LogP contribution in [0.3, 0.4) is 0 Å². The van der Waals surface area contributed by atoms with Gasteiger partial charge in [0.1, 0.15) is 12.4 Å². The zero-order chi connectivity index (χ0) is 11.9. The lowest BCUT2D eigenvalue weighted by atomic mass is 10.2. The molecule has 1 aliphatic rings. The Hall–Kier alpha value is -1.10. The molecule has 0 aliphatic carbocycles. The van der Waals surface area contributed by atoms with Gasteiger partial charge in [0.25, 0.3) is 0 Å². The average molecular weight is 237 g/mol. The summed E-state index contributed by atoms with van der Waals surface area (Å²) >= 11 is 0. The Balaban J connectivity index is 1.63. The molecule has 1 atom stereocenters. The Morgan fingerprint density at radius 2 is 2.06 bits per heavy atom. The third kappa shape index (κ3) is 4.00. The maximum absolute atomic E-state index is 5.60. The molecule has 2 N–H and O–H groups in total. The quantitative estimate of drug-likeness (QED) is 0.758. The van der Waals surface area contributed by atoms with Crippen LogP contribution in [-0.2, 0) is 16.0 Å². The van der Waals surface area contributed by atoms with Crippen molar-refractivity contribution in [3.63, 3.8) is 0 Å². The number of rotatable bonds is 6. The summed E-state index contributed by atoms with van der Waals surface area (Å²) in [6.45, 7) is 3.26. The Morgan fingerprint density at radius 3 is 2.71 bits per heavy atom. The van der Waals surface area contributed by atoms with Crippen LogP contribution in [-0.4, -0.2) is 32.5 Å². The van der Waals surface area contributed by atoms with Gasteiger partial charge in [0, 0.05) is 13.2 Å². The van der Waals surface area contributed by atoms with Crippen molar-refractivity contribution in [3.8, 4) is 5.75 Å². The van der Waals surface area contributed by atoms with Crippen molar-refractivity contribution in [2.24, 2.45) is 5.73 Å². The minimum absolute atomic E-state index is 0.248. The highest BCUT2D eigenvalue weighted by atomic mass is 16.6. The molecule has 1 fully saturated rings. The van der Waals surface area contributed by atoms with Crippen molar-refractivity contribution in [2.75, 3.05) is 26.4 Å². The SMILES string of the molecule is NCc1ccc(OCCOC2CCOC2)cc1. The minimum atomic E-state index is 0.248. The first-order valence-corrected chi connectivity index (χ1v) is 5.99. The van der Waals surface area contributed by atoms with Crippen molar-refractivity contribution >= 4 is 0 Å². The van der Waals surface area contributed by atoms with Crippen LogP contribution in [0.25, 0.3) is 0 Å². The molecule has 0 spiro atoms. The molecule has 1 aromatic carbocycles. The normalized spacial score (nSPS) is 19.5. The monoisotopic (exact) mass is 237 g/mol. The molecule has 0 aromatic heterocycles. The standard InChI is InChI=1S/C13H19NO3/c14-9-11-1-3-12(4-2-11)16-7-8-17-13-5-6-15-10-13/h1-4,13H,5-10,14H2. The molecule has 0 saturated carbocycles. The topological polar surface area (TPSA) is 53.7 Å². The number of benzene rings is 1. The van der Waals surface area contributed by atoms with Gasteiger partial charge < -0.3 is 19.9 Å². The molecule has 4 heteroatoms. The molecular formula is C13H19NO3. The summed E-state index contributed by atoms with van der Waals surface area (Å²) in [5.74, 6) is 0.855. The maximum atomic E-state index is 5.60. The van der Waals surface area contributed by atoms with Crippen LogP contribution < -0.4 is 10.5 Å². The van der Waals surface area contributed by atoms with E-state index >= 15 is 0 Å². The van der Waals surface area contributed by atoms with E-state index in [-0.39, 0.29) is 6.10 Å². The summed E-state index contributed by atoms with van der Waals surface area (Å²) < 4.78 is 16.4. The van der Waals surface area contributed by atoms with E-state index in [1.54, 1.807) is 0 Å². The lowest BCUT2D eigenvalue weighted by Crippen LogP contribution is -2.17. The molecule has 1 aliphatic heterocycles. The molecule has 0 amide bonds. The van der Waals surface area contributed by atoms with Gasteiger partial charge in [0.05, 0.1) is 19.3 Å². The van der Waals surface area contributed by atoms with Crippen molar-refractivity contribution < 1.29 is 14.2 Å². The van der Waals surface area contributed by atoms with Gasteiger partial charge in [-0.15, -0.1) is 0 Å². The summed E-state index contributed by atoms with van der Waals surface area (Å²) in [6, 6.07) is 7.81. The van der Waals surface area contributed by atoms with Crippen molar-refractivity contribution in [3.05, 3.63) is 29.8 Å². The number of hydrogen-bond acceptors (Lipinski definition) is 4. The Morgan fingerprint density at radius 1 is 1.24 bits per heavy atom. The third-order valence-electron chi connectivity index (χ3n) is 2.75. The molecule has 1 aromatic rings. The summed E-state index contributed by atoms with van der Waals surface area (Å²) in [5, 5.41) is 0. The fourth-order valence-corrected chi connectivity index (χ4v) is 1.74. The van der Waals surface area contributed by atoms with Crippen molar-refractivity contribution in [1.29, 1.82) is 0 Å². The molecule has 1 saturated heterocycles. The smallest absolute Gasteiger partial charge is 0.119 e. The van der Waals surface area contributed by atoms with E-state index < -0.39 is 0 Å². The Labute approximate surface area is 102 Å². The fraction of sp³-hybridized carbons (Fsp3) is 0.538. The summed E-state index contributed by atoms with van der Waals surface area (Å²) in [5.41, 5.74) is 6.63. The molecule has 4 nitrogen and oxygen atoms in total. The number of ether oxygens (including phenoxy) is 3. The van der Waals surface area contributed by atoms with Gasteiger partial charge in [0.2, 0.25) is 0 Å². The van der Waals surface area contributed by atoms with Gasteiger partial charge >= 0.3 is 0 Å². The zero-order valence-electron chi connectivity index (χ0n) is 9.93. The first kappa shape index (κ1) is 12.4. The number of hydrogen-bond donors (Lipinski definition) is 1. The van der Waals surface area contributed by atoms with Crippen LogP contribution in [0.5, 0.6) is 5.75 Å². The zero-order valence-corrected chi connectivity index (χ0v) is 9.93. The highest BCUT2D eigenvalue weighted by Crippen LogP contribution is 2.12. The average Bonchev–Trinajstić information content (AvgIpc) is 2.88. The van der Waals surface area contributed by atoms with Crippen LogP contribution in [0.4, 0.5) is 0 Å². The molecule has 94 valence electrons. The van der Waals surface area contributed by atoms with Gasteiger partial charge in [-0.3, -0.25) is 0 Å². The molecule has 0 radical (unpaired) electrons. The second kappa shape index (κ2) is 6.59. The van der Waals surface area contributed by atoms with Crippen LogP contribution in [0.15, 0.2) is 24.3 Å². The minimum Gasteiger partial charge on any atom is -0.491 e. The first-order valence-electron chi connectivity index (χ1n) is 5.99. The highest BCUT2D eigenvalue weighted by molar-refractivity contribution is 5.26. The highest BCUT2D eigenvalue weighted by Gasteiger charge is 2.15. The van der Waals surface area contributed by atoms with Gasteiger partial charge in [-0.05, 0) is 24.1 Å². The maximum Gasteiger partial charge on any atom is 0.119 e. The van der Waals surface area contributed by atoms with Crippen molar-refractivity contribution in [2.45, 2.75) is 19.1 Å². The predicted octanol–water partition coefficient (Wildman–Crippen LogP) is 1.33. The van der Waals surface area contributed by atoms with E-state index in [0.29, 0.717) is 26.4 Å². The van der Waals surface area contributed by atoms with E-state index in [1.807, 2.05) is 24.3 Å². The largest absolute Gasteiger partial charge is 0.491 e. The second-order valence-electron chi connectivity index (χ2n) is 4.05. The van der Waals surface area contributed by atoms with E-state index in [2.05, 4.69) is 0 Å². The molecule has 1 unspecified atom stereocenters. The van der Waals surface area contributed by atoms with E-state index in [1.165, 1.54) is 0 Å². The predicted molar refractivity (Wildman–Crippen MR) is 65.0 cm³/mol. The van der Waals surface area contributed by atoms with Crippen LogP contribution in [0, 0.1) is 0 Å². The van der Waals surface area contributed by atoms with Crippen molar-refractivity contribution in [1.82, 2.24) is 0 Å². The van der Waals surface area contributed by atoms with E-state index in [4.69, 9.17) is 19.9 Å². The molecular weight excluding hydrogens is 218 g/mol. The van der Waals surface area contributed by atoms with Gasteiger partial charge in [0.15, 0.2) is 0 Å². The Kier molecular flexibility index (Phi) is 4.79. The molecule has 17 heavy (non-hydrogen) atoms. The summed E-state index contributed by atoms with van der Waals surface area (Å²) in [4.78, 5) is 0. The summed E-state index contributed by atoms with van der Waals surface area (Å²) in [6.07, 6.45) is 1.24. The van der Waals surface area contributed by atoms with Crippen LogP contribution in [0.2, 0.25) is 0 Å². The van der Waals surface area contributed by atoms with E-state index in [9.17, 15) is 0 Å². The first-order chi connectivity index (χ1) is 8.38. The van der Waals surface area contributed by atoms with Gasteiger partial charge in [-0.25, -0.2) is 0 Å². The second-order valence-corrected chi connectivity index (χ2v) is 4.05. The fourth-order valence-electron chi connectivity index (χ4n) is 1.74. The molecule has 0 bridgehead atoms. The lowest BCUT2D eigenvalue weighted by Gasteiger charge is -2.11. The molecule has 2 rings (SSSR count).